The van der Waals surface area contributed by atoms with Crippen LogP contribution in [-0.4, -0.2) is 37.9 Å². The predicted octanol–water partition coefficient (Wildman–Crippen LogP) is 6.59. The van der Waals surface area contributed by atoms with Crippen LogP contribution in [0.2, 0.25) is 0 Å². The third-order valence-electron chi connectivity index (χ3n) is 7.33. The number of amides is 2. The van der Waals surface area contributed by atoms with E-state index in [4.69, 9.17) is 9.84 Å². The van der Waals surface area contributed by atoms with Crippen molar-refractivity contribution in [2.24, 2.45) is 0 Å². The summed E-state index contributed by atoms with van der Waals surface area (Å²) in [5.41, 5.74) is 6.69. The Morgan fingerprint density at radius 3 is 2.54 bits per heavy atom. The number of ether oxygens (including phenoxy) is 1. The fourth-order valence-electron chi connectivity index (χ4n) is 5.47. The van der Waals surface area contributed by atoms with Gasteiger partial charge in [0.1, 0.15) is 5.82 Å². The molecule has 3 aromatic carbocycles. The minimum Gasteiger partial charge on any atom is -0.462 e. The molecular weight excluding hydrogens is 514 g/mol. The van der Waals surface area contributed by atoms with E-state index in [1.807, 2.05) is 65.2 Å². The first-order chi connectivity index (χ1) is 19.9. The van der Waals surface area contributed by atoms with Crippen LogP contribution in [0.4, 0.5) is 10.5 Å². The first kappa shape index (κ1) is 26.1. The molecule has 1 atom stereocenters. The number of aryl methyl sites for hydroxylation is 2. The molecule has 41 heavy (non-hydrogen) atoms. The molecule has 2 aromatic heterocycles. The molecule has 5 aromatic rings. The first-order valence-electron chi connectivity index (χ1n) is 13.7. The van der Waals surface area contributed by atoms with Crippen molar-refractivity contribution in [3.05, 3.63) is 131 Å². The minimum atomic E-state index is -0.428. The summed E-state index contributed by atoms with van der Waals surface area (Å²) in [6.45, 7) is 6.40. The number of nitrogens with one attached hydrogen (secondary N) is 1. The lowest BCUT2D eigenvalue weighted by Gasteiger charge is -2.31. The van der Waals surface area contributed by atoms with Gasteiger partial charge >= 0.3 is 12.0 Å². The molecule has 0 bridgehead atoms. The number of esters is 1. The zero-order chi connectivity index (χ0) is 28.5. The van der Waals surface area contributed by atoms with Crippen LogP contribution in [0.25, 0.3) is 11.5 Å². The van der Waals surface area contributed by atoms with E-state index in [-0.39, 0.29) is 18.7 Å². The zero-order valence-electron chi connectivity index (χ0n) is 23.2. The Morgan fingerprint density at radius 1 is 0.951 bits per heavy atom. The second-order valence-corrected chi connectivity index (χ2v) is 10.1. The monoisotopic (exact) mass is 545 g/mol. The van der Waals surface area contributed by atoms with E-state index in [0.29, 0.717) is 17.8 Å². The summed E-state index contributed by atoms with van der Waals surface area (Å²) < 4.78 is 9.25. The quantitative estimate of drug-likeness (QED) is 0.253. The summed E-state index contributed by atoms with van der Waals surface area (Å²) in [6.07, 6.45) is 2.03. The van der Waals surface area contributed by atoms with Gasteiger partial charge < -0.3 is 19.5 Å². The van der Waals surface area contributed by atoms with E-state index in [2.05, 4.69) is 41.1 Å². The predicted molar refractivity (Wildman–Crippen MR) is 158 cm³/mol. The molecule has 1 unspecified atom stereocenters. The third-order valence-corrected chi connectivity index (χ3v) is 7.33. The van der Waals surface area contributed by atoms with E-state index in [1.54, 1.807) is 31.2 Å². The molecule has 3 heterocycles. The number of para-hydroxylation sites is 1. The lowest BCUT2D eigenvalue weighted by molar-refractivity contribution is 0.0526. The molecule has 8 heteroatoms. The topological polar surface area (TPSA) is 81.4 Å². The maximum Gasteiger partial charge on any atom is 0.338 e. The normalized spacial score (nSPS) is 14.1. The summed E-state index contributed by atoms with van der Waals surface area (Å²) in [5, 5.41) is 7.95. The van der Waals surface area contributed by atoms with Crippen molar-refractivity contribution in [1.82, 2.24) is 19.2 Å². The number of nitrogens with zero attached hydrogens (tertiary/aromatic N) is 4. The third kappa shape index (κ3) is 4.89. The van der Waals surface area contributed by atoms with Crippen LogP contribution in [0.5, 0.6) is 0 Å². The molecule has 1 N–H and O–H groups in total. The number of hydrogen-bond donors (Lipinski definition) is 1. The summed E-state index contributed by atoms with van der Waals surface area (Å²) >= 11 is 0. The maximum atomic E-state index is 14.2. The number of urea groups is 1. The second-order valence-electron chi connectivity index (χ2n) is 10.1. The van der Waals surface area contributed by atoms with Crippen molar-refractivity contribution in [1.29, 1.82) is 0 Å². The van der Waals surface area contributed by atoms with E-state index in [0.717, 1.165) is 39.6 Å². The number of carbonyl (C=O) groups is 2. The highest BCUT2D eigenvalue weighted by Crippen LogP contribution is 2.39. The van der Waals surface area contributed by atoms with Crippen LogP contribution < -0.4 is 5.32 Å². The minimum absolute atomic E-state index is 0.277. The summed E-state index contributed by atoms with van der Waals surface area (Å²) in [5.74, 6) is 0.480. The largest absolute Gasteiger partial charge is 0.462 e. The van der Waals surface area contributed by atoms with Crippen molar-refractivity contribution in [2.75, 3.05) is 11.9 Å². The summed E-state index contributed by atoms with van der Waals surface area (Å²) in [7, 11) is 0. The first-order valence-corrected chi connectivity index (χ1v) is 13.7. The van der Waals surface area contributed by atoms with E-state index in [9.17, 15) is 9.59 Å². The highest BCUT2D eigenvalue weighted by atomic mass is 16.5. The fourth-order valence-corrected chi connectivity index (χ4v) is 5.47. The van der Waals surface area contributed by atoms with Crippen molar-refractivity contribution >= 4 is 17.7 Å². The highest BCUT2D eigenvalue weighted by molar-refractivity contribution is 5.94. The number of aromatic nitrogens is 3. The van der Waals surface area contributed by atoms with Crippen LogP contribution in [0, 0.1) is 13.8 Å². The molecule has 1 aliphatic rings. The molecule has 0 spiro atoms. The molecular formula is C33H31N5O3. The van der Waals surface area contributed by atoms with E-state index < -0.39 is 5.97 Å². The number of rotatable bonds is 5. The molecule has 0 saturated carbocycles. The smallest absolute Gasteiger partial charge is 0.338 e. The lowest BCUT2D eigenvalue weighted by atomic mass is 10.00. The molecule has 8 nitrogen and oxygen atoms in total. The molecule has 0 saturated heterocycles. The zero-order valence-corrected chi connectivity index (χ0v) is 23.2. The number of benzene rings is 3. The Hall–Kier alpha value is -5.11. The molecule has 1 aliphatic heterocycles. The van der Waals surface area contributed by atoms with Crippen LogP contribution in [-0.2, 0) is 11.3 Å². The Labute approximate surface area is 238 Å². The van der Waals surface area contributed by atoms with Gasteiger partial charge in [0.2, 0.25) is 0 Å². The van der Waals surface area contributed by atoms with Gasteiger partial charge in [-0.3, -0.25) is 0 Å². The van der Waals surface area contributed by atoms with Crippen LogP contribution in [0.1, 0.15) is 51.4 Å². The Balaban J connectivity index is 1.48. The van der Waals surface area contributed by atoms with Gasteiger partial charge in [0, 0.05) is 17.4 Å². The van der Waals surface area contributed by atoms with E-state index in [1.165, 1.54) is 0 Å². The van der Waals surface area contributed by atoms with Gasteiger partial charge in [-0.15, -0.1) is 0 Å². The average molecular weight is 546 g/mol. The summed E-state index contributed by atoms with van der Waals surface area (Å²) in [6, 6.07) is 28.5. The van der Waals surface area contributed by atoms with Gasteiger partial charge in [-0.25, -0.2) is 14.3 Å². The maximum absolute atomic E-state index is 14.2. The molecule has 0 aliphatic carbocycles. The standard InChI is InChI=1S/C33H31N5O3/c1-4-41-32(39)25-13-9-14-26(20-25)34-33(40)37-21-28-23(3)35-38(27-15-6-5-7-16-27)31(28)36-18-10-17-29(36)30(37)24-12-8-11-22(2)19-24/h5-20,30H,4,21H2,1-3H3,(H,34,40). The van der Waals surface area contributed by atoms with Crippen molar-refractivity contribution < 1.29 is 14.3 Å². The summed E-state index contributed by atoms with van der Waals surface area (Å²) in [4.78, 5) is 28.4. The van der Waals surface area contributed by atoms with Gasteiger partial charge in [-0.1, -0.05) is 54.1 Å². The highest BCUT2D eigenvalue weighted by Gasteiger charge is 2.36. The average Bonchev–Trinajstić information content (AvgIpc) is 3.54. The molecule has 0 fully saturated rings. The van der Waals surface area contributed by atoms with Crippen molar-refractivity contribution in [2.45, 2.75) is 33.4 Å². The fraction of sp³-hybridized carbons (Fsp3) is 0.182. The molecule has 2 amide bonds. The lowest BCUT2D eigenvalue weighted by Crippen LogP contribution is -2.38. The van der Waals surface area contributed by atoms with Crippen LogP contribution in [0.15, 0.2) is 97.2 Å². The van der Waals surface area contributed by atoms with Crippen molar-refractivity contribution in [3.8, 4) is 11.5 Å². The number of hydrogen-bond acceptors (Lipinski definition) is 4. The van der Waals surface area contributed by atoms with Gasteiger partial charge in [0.15, 0.2) is 0 Å². The van der Waals surface area contributed by atoms with Gasteiger partial charge in [0.25, 0.3) is 0 Å². The Kier molecular flexibility index (Phi) is 6.89. The molecule has 6 rings (SSSR count). The Morgan fingerprint density at radius 2 is 1.76 bits per heavy atom. The Bertz CT molecular complexity index is 1740. The SMILES string of the molecule is CCOC(=O)c1cccc(NC(=O)N2Cc3c(C)nn(-c4ccccc4)c3-n3cccc3C2c2cccc(C)c2)c1. The number of carbonyl (C=O) groups excluding carboxylic acids is 2. The molecule has 0 radical (unpaired) electrons. The van der Waals surface area contributed by atoms with Crippen LogP contribution >= 0.6 is 0 Å². The van der Waals surface area contributed by atoms with Gasteiger partial charge in [-0.2, -0.15) is 5.10 Å². The second kappa shape index (κ2) is 10.8. The van der Waals surface area contributed by atoms with Gasteiger partial charge in [0.05, 0.1) is 41.8 Å². The number of fused-ring (bicyclic) bond motifs is 3. The van der Waals surface area contributed by atoms with Crippen molar-refractivity contribution in [3.63, 3.8) is 0 Å². The van der Waals surface area contributed by atoms with Crippen LogP contribution in [0.3, 0.4) is 0 Å². The number of anilines is 1. The van der Waals surface area contributed by atoms with Gasteiger partial charge in [-0.05, 0) is 68.8 Å². The molecule has 206 valence electrons. The van der Waals surface area contributed by atoms with E-state index >= 15 is 0 Å².